The molecule has 1 aromatic rings. The van der Waals surface area contributed by atoms with Crippen molar-refractivity contribution >= 4 is 15.8 Å². The largest absolute Gasteiger partial charge is 0.438 e. The van der Waals surface area contributed by atoms with Crippen molar-refractivity contribution in [3.05, 3.63) is 42.0 Å². The van der Waals surface area contributed by atoms with Crippen molar-refractivity contribution in [1.29, 1.82) is 0 Å². The van der Waals surface area contributed by atoms with Crippen LogP contribution in [-0.4, -0.2) is 14.6 Å². The lowest BCUT2D eigenvalue weighted by atomic mass is 10.2. The van der Waals surface area contributed by atoms with Gasteiger partial charge in [-0.3, -0.25) is 0 Å². The zero-order valence-corrected chi connectivity index (χ0v) is 7.82. The molecular weight excluding hydrogens is 152 g/mol. The highest BCUT2D eigenvalue weighted by Gasteiger charge is 1.81. The summed E-state index contributed by atoms with van der Waals surface area (Å²) in [4.78, 5) is 8.63. The average molecular weight is 164 g/mol. The van der Waals surface area contributed by atoms with Gasteiger partial charge in [-0.1, -0.05) is 42.5 Å². The molecule has 2 heteroatoms. The maximum absolute atomic E-state index is 8.63. The summed E-state index contributed by atoms with van der Waals surface area (Å²) in [6, 6.07) is 11.0. The topological polar surface area (TPSA) is 20.2 Å². The normalized spacial score (nSPS) is 11.7. The second kappa shape index (κ2) is 4.88. The van der Waals surface area contributed by atoms with E-state index in [2.05, 4.69) is 12.1 Å². The third-order valence-electron chi connectivity index (χ3n) is 1.41. The SMILES string of the molecule is O[SiH2]CC=Cc1ccccc1. The maximum Gasteiger partial charge on any atom is 0.160 e. The van der Waals surface area contributed by atoms with Crippen LogP contribution < -0.4 is 0 Å². The summed E-state index contributed by atoms with van der Waals surface area (Å²) in [5.41, 5.74) is 1.20. The Hall–Kier alpha value is -0.863. The van der Waals surface area contributed by atoms with E-state index in [0.29, 0.717) is 0 Å². The van der Waals surface area contributed by atoms with Crippen molar-refractivity contribution < 1.29 is 4.80 Å². The first-order valence-corrected chi connectivity index (χ1v) is 5.39. The van der Waals surface area contributed by atoms with Crippen molar-refractivity contribution in [3.63, 3.8) is 0 Å². The first kappa shape index (κ1) is 8.24. The van der Waals surface area contributed by atoms with Crippen LogP contribution >= 0.6 is 0 Å². The molecule has 0 aliphatic rings. The van der Waals surface area contributed by atoms with Gasteiger partial charge in [0.1, 0.15) is 0 Å². The van der Waals surface area contributed by atoms with Crippen LogP contribution in [0.15, 0.2) is 36.4 Å². The fourth-order valence-corrected chi connectivity index (χ4v) is 1.17. The number of allylic oxidation sites excluding steroid dienone is 1. The van der Waals surface area contributed by atoms with E-state index in [-0.39, 0.29) is 0 Å². The van der Waals surface area contributed by atoms with Crippen LogP contribution in [-0.2, 0) is 0 Å². The molecule has 0 saturated heterocycles. The van der Waals surface area contributed by atoms with E-state index in [9.17, 15) is 0 Å². The van der Waals surface area contributed by atoms with E-state index < -0.39 is 9.76 Å². The minimum Gasteiger partial charge on any atom is -0.438 e. The maximum atomic E-state index is 8.63. The van der Waals surface area contributed by atoms with Gasteiger partial charge in [0.15, 0.2) is 9.76 Å². The summed E-state index contributed by atoms with van der Waals surface area (Å²) in [7, 11) is -0.789. The molecule has 1 nitrogen and oxygen atoms in total. The highest BCUT2D eigenvalue weighted by Crippen LogP contribution is 2.01. The van der Waals surface area contributed by atoms with E-state index in [1.54, 1.807) is 0 Å². The van der Waals surface area contributed by atoms with Gasteiger partial charge in [-0.2, -0.15) is 0 Å². The Morgan fingerprint density at radius 2 is 2.00 bits per heavy atom. The van der Waals surface area contributed by atoms with Gasteiger partial charge in [-0.15, -0.1) is 0 Å². The molecule has 58 valence electrons. The summed E-state index contributed by atoms with van der Waals surface area (Å²) in [5, 5.41) is 0. The second-order valence-electron chi connectivity index (χ2n) is 2.33. The Kier molecular flexibility index (Phi) is 3.65. The second-order valence-corrected chi connectivity index (χ2v) is 3.35. The predicted octanol–water partition coefficient (Wildman–Crippen LogP) is 1.19. The minimum absolute atomic E-state index is 0.789. The average Bonchev–Trinajstić information content (AvgIpc) is 2.07. The van der Waals surface area contributed by atoms with Gasteiger partial charge in [0.25, 0.3) is 0 Å². The number of benzene rings is 1. The van der Waals surface area contributed by atoms with Crippen molar-refractivity contribution in [3.8, 4) is 0 Å². The molecule has 0 radical (unpaired) electrons. The Labute approximate surface area is 69.3 Å². The first-order chi connectivity index (χ1) is 5.43. The summed E-state index contributed by atoms with van der Waals surface area (Å²) in [6.07, 6.45) is 4.07. The van der Waals surface area contributed by atoms with Crippen molar-refractivity contribution in [2.75, 3.05) is 0 Å². The molecule has 0 fully saturated rings. The predicted molar refractivity (Wildman–Crippen MR) is 51.0 cm³/mol. The Balaban J connectivity index is 2.50. The molecule has 0 bridgehead atoms. The highest BCUT2D eigenvalue weighted by atomic mass is 28.2. The molecule has 0 amide bonds. The van der Waals surface area contributed by atoms with Crippen LogP contribution in [0, 0.1) is 0 Å². The Morgan fingerprint density at radius 1 is 1.27 bits per heavy atom. The smallest absolute Gasteiger partial charge is 0.160 e. The number of rotatable bonds is 3. The molecule has 0 heterocycles. The van der Waals surface area contributed by atoms with E-state index in [1.807, 2.05) is 30.4 Å². The van der Waals surface area contributed by atoms with Gasteiger partial charge in [0.05, 0.1) is 0 Å². The molecule has 0 unspecified atom stereocenters. The van der Waals surface area contributed by atoms with Crippen LogP contribution in [0.1, 0.15) is 5.56 Å². The van der Waals surface area contributed by atoms with Crippen LogP contribution in [0.2, 0.25) is 6.04 Å². The van der Waals surface area contributed by atoms with E-state index in [1.165, 1.54) is 5.56 Å². The van der Waals surface area contributed by atoms with Crippen LogP contribution in [0.25, 0.3) is 6.08 Å². The molecule has 0 aliphatic heterocycles. The molecule has 1 aromatic carbocycles. The van der Waals surface area contributed by atoms with E-state index in [4.69, 9.17) is 4.80 Å². The number of hydrogen-bond donors (Lipinski definition) is 1. The molecule has 1 rings (SSSR count). The summed E-state index contributed by atoms with van der Waals surface area (Å²) >= 11 is 0. The zero-order chi connectivity index (χ0) is 7.94. The monoisotopic (exact) mass is 164 g/mol. The van der Waals surface area contributed by atoms with Crippen molar-refractivity contribution in [1.82, 2.24) is 0 Å². The molecule has 0 aromatic heterocycles. The summed E-state index contributed by atoms with van der Waals surface area (Å²) < 4.78 is 0. The third kappa shape index (κ3) is 3.16. The van der Waals surface area contributed by atoms with Crippen molar-refractivity contribution in [2.45, 2.75) is 6.04 Å². The molecule has 11 heavy (non-hydrogen) atoms. The van der Waals surface area contributed by atoms with Gasteiger partial charge >= 0.3 is 0 Å². The lowest BCUT2D eigenvalue weighted by molar-refractivity contribution is 0.605. The minimum atomic E-state index is -0.789. The first-order valence-electron chi connectivity index (χ1n) is 3.76. The quantitative estimate of drug-likeness (QED) is 0.665. The Morgan fingerprint density at radius 3 is 2.64 bits per heavy atom. The highest BCUT2D eigenvalue weighted by molar-refractivity contribution is 6.26. The van der Waals surface area contributed by atoms with Gasteiger partial charge in [0, 0.05) is 0 Å². The standard InChI is InChI=1S/C9H12OSi/c10-11-8-4-7-9-5-2-1-3-6-9/h1-7,10H,8,11H2. The molecule has 0 spiro atoms. The summed E-state index contributed by atoms with van der Waals surface area (Å²) in [5.74, 6) is 0. The molecule has 0 saturated carbocycles. The zero-order valence-electron chi connectivity index (χ0n) is 6.40. The Bertz CT molecular complexity index is 218. The number of hydrogen-bond acceptors (Lipinski definition) is 1. The fraction of sp³-hybridized carbons (Fsp3) is 0.111. The molecular formula is C9H12OSi. The molecule has 0 atom stereocenters. The molecule has 1 N–H and O–H groups in total. The lowest BCUT2D eigenvalue weighted by Crippen LogP contribution is -1.79. The van der Waals surface area contributed by atoms with Gasteiger partial charge in [-0.05, 0) is 11.6 Å². The van der Waals surface area contributed by atoms with E-state index in [0.717, 1.165) is 6.04 Å². The van der Waals surface area contributed by atoms with Gasteiger partial charge in [0.2, 0.25) is 0 Å². The van der Waals surface area contributed by atoms with E-state index >= 15 is 0 Å². The lowest BCUT2D eigenvalue weighted by Gasteiger charge is -1.89. The van der Waals surface area contributed by atoms with Crippen LogP contribution in [0.5, 0.6) is 0 Å². The van der Waals surface area contributed by atoms with Crippen LogP contribution in [0.3, 0.4) is 0 Å². The fourth-order valence-electron chi connectivity index (χ4n) is 0.858. The van der Waals surface area contributed by atoms with Gasteiger partial charge in [-0.25, -0.2) is 0 Å². The third-order valence-corrected chi connectivity index (χ3v) is 2.00. The summed E-state index contributed by atoms with van der Waals surface area (Å²) in [6.45, 7) is 0. The van der Waals surface area contributed by atoms with Crippen molar-refractivity contribution in [2.24, 2.45) is 0 Å². The van der Waals surface area contributed by atoms with Crippen LogP contribution in [0.4, 0.5) is 0 Å². The molecule has 0 aliphatic carbocycles. The van der Waals surface area contributed by atoms with Gasteiger partial charge < -0.3 is 4.80 Å².